The maximum absolute atomic E-state index is 15.8. The summed E-state index contributed by atoms with van der Waals surface area (Å²) < 4.78 is 8.52. The van der Waals surface area contributed by atoms with E-state index in [2.05, 4.69) is 27.7 Å². The number of hydrogen-bond acceptors (Lipinski definition) is 14. The van der Waals surface area contributed by atoms with E-state index in [0.717, 1.165) is 138 Å². The summed E-state index contributed by atoms with van der Waals surface area (Å²) in [6.07, 6.45) is 37.1. The summed E-state index contributed by atoms with van der Waals surface area (Å²) in [4.78, 5) is 89.3. The topological polar surface area (TPSA) is 112 Å². The molecule has 76 heavy (non-hydrogen) atoms. The monoisotopic (exact) mass is 1180 g/mol. The molecule has 0 aliphatic rings. The highest BCUT2D eigenvalue weighted by Gasteiger charge is 2.31. The van der Waals surface area contributed by atoms with Crippen LogP contribution in [0.1, 0.15) is 233 Å². The number of nitrogens with zero attached hydrogens (tertiary/aromatic N) is 2. The summed E-state index contributed by atoms with van der Waals surface area (Å²) in [5.74, 6) is 0.247. The van der Waals surface area contributed by atoms with Crippen LogP contribution in [0, 0.1) is 11.8 Å². The summed E-state index contributed by atoms with van der Waals surface area (Å²) in [5, 5.41) is 2.26. The summed E-state index contributed by atoms with van der Waals surface area (Å²) in [6, 6.07) is 0. The van der Waals surface area contributed by atoms with Crippen LogP contribution in [-0.4, -0.2) is 9.13 Å². The zero-order valence-corrected chi connectivity index (χ0v) is 52.3. The number of hydrogen-bond donors (Lipinski definition) is 0. The molecule has 2 atom stereocenters. The van der Waals surface area contributed by atoms with Crippen molar-refractivity contribution < 1.29 is 0 Å². The third kappa shape index (κ3) is 14.4. The number of rotatable bonds is 36. The van der Waals surface area contributed by atoms with E-state index < -0.39 is 0 Å². The molecule has 2 unspecified atom stereocenters. The highest BCUT2D eigenvalue weighted by Crippen LogP contribution is 2.49. The Morgan fingerprint density at radius 2 is 0.487 bits per heavy atom. The van der Waals surface area contributed by atoms with Crippen molar-refractivity contribution in [1.82, 2.24) is 9.13 Å². The van der Waals surface area contributed by atoms with Crippen molar-refractivity contribution in [3.8, 4) is 0 Å². The van der Waals surface area contributed by atoms with E-state index in [0.29, 0.717) is 64.2 Å². The predicted molar refractivity (Wildman–Crippen MR) is 343 cm³/mol. The highest BCUT2D eigenvalue weighted by molar-refractivity contribution is 7.57. The molecule has 0 aliphatic carbocycles. The van der Waals surface area contributed by atoms with E-state index in [-0.39, 0.29) is 42.2 Å². The Morgan fingerprint density at radius 1 is 0.276 bits per heavy atom. The maximum atomic E-state index is 15.8. The number of pyridine rings is 2. The van der Waals surface area contributed by atoms with Gasteiger partial charge in [0.1, 0.15) is 16.1 Å². The number of fused-ring (bicyclic) bond motifs is 8. The van der Waals surface area contributed by atoms with Crippen LogP contribution in [0.2, 0.25) is 0 Å². The van der Waals surface area contributed by atoms with Gasteiger partial charge in [-0.2, -0.15) is 0 Å². The van der Waals surface area contributed by atoms with Gasteiger partial charge in [0, 0.05) is 23.9 Å². The number of benzene rings is 2. The Kier molecular flexibility index (Phi) is 23.4. The molecule has 8 aromatic rings. The molecule has 0 bridgehead atoms. The fourth-order valence-corrected chi connectivity index (χ4v) is 22.8. The van der Waals surface area contributed by atoms with Crippen LogP contribution in [-0.2, 0) is 13.1 Å². The molecule has 6 aromatic heterocycles. The molecule has 0 fully saturated rings. The minimum atomic E-state index is -0.379. The molecule has 2 aromatic carbocycles. The van der Waals surface area contributed by atoms with Gasteiger partial charge in [-0.25, -0.2) is 0 Å². The van der Waals surface area contributed by atoms with Crippen LogP contribution in [0.3, 0.4) is 0 Å². The smallest absolute Gasteiger partial charge is 0.274 e. The van der Waals surface area contributed by atoms with E-state index in [1.54, 1.807) is 0 Å². The quantitative estimate of drug-likeness (QED) is 0.0220. The molecule has 0 saturated carbocycles. The first-order chi connectivity index (χ1) is 37.1. The lowest BCUT2D eigenvalue weighted by Crippen LogP contribution is -2.38. The molecule has 0 spiro atoms. The van der Waals surface area contributed by atoms with Crippen molar-refractivity contribution in [3.05, 3.63) is 59.1 Å². The Labute approximate surface area is 480 Å². The predicted octanol–water partition coefficient (Wildman–Crippen LogP) is 19.8. The van der Waals surface area contributed by atoms with Gasteiger partial charge in [0.25, 0.3) is 30.3 Å². The van der Waals surface area contributed by atoms with Crippen LogP contribution in [0.25, 0.3) is 67.2 Å². The SMILES string of the molecule is CCCCCCCCCCC(CCCCCCCC)Cn1c(=O)c2c3sc4sc(=O)sc4sc3c3c(=O)n(CC(CCCCCCCC)CCCCCCCCCC)c(=O)c4c5sc6sc(=O)sc6sc5c(c1=O)c2c34. The summed E-state index contributed by atoms with van der Waals surface area (Å²) in [6.45, 7) is 9.57. The molecule has 416 valence electrons. The van der Waals surface area contributed by atoms with Gasteiger partial charge in [0.15, 0.2) is 0 Å². The second kappa shape index (κ2) is 29.9. The molecule has 8 nitrogen and oxygen atoms in total. The van der Waals surface area contributed by atoms with Gasteiger partial charge in [-0.05, 0) is 37.5 Å². The third-order valence-corrected chi connectivity index (χ3v) is 26.5. The molecule has 6 heterocycles. The van der Waals surface area contributed by atoms with Gasteiger partial charge in [-0.1, -0.05) is 253 Å². The molecule has 16 heteroatoms. The lowest BCUT2D eigenvalue weighted by Gasteiger charge is -2.22. The van der Waals surface area contributed by atoms with Gasteiger partial charge in [-0.15, -0.1) is 45.3 Å². The first-order valence-electron chi connectivity index (χ1n) is 29.5. The molecular formula is C60H82N2O6S8. The Balaban J connectivity index is 1.31. The Bertz CT molecular complexity index is 3130. The van der Waals surface area contributed by atoms with Gasteiger partial charge in [-0.3, -0.25) is 37.9 Å². The van der Waals surface area contributed by atoms with Crippen LogP contribution in [0.15, 0.2) is 28.8 Å². The lowest BCUT2D eigenvalue weighted by atomic mass is 9.92. The van der Waals surface area contributed by atoms with E-state index in [4.69, 9.17) is 0 Å². The number of unbranched alkanes of at least 4 members (excludes halogenated alkanes) is 24. The summed E-state index contributed by atoms with van der Waals surface area (Å²) in [7, 11) is 0. The minimum absolute atomic E-state index is 0.0531. The van der Waals surface area contributed by atoms with Crippen molar-refractivity contribution in [2.75, 3.05) is 0 Å². The zero-order valence-electron chi connectivity index (χ0n) is 45.8. The zero-order chi connectivity index (χ0) is 53.6. The van der Waals surface area contributed by atoms with E-state index >= 15 is 19.2 Å². The van der Waals surface area contributed by atoms with E-state index in [1.165, 1.54) is 183 Å². The Morgan fingerprint density at radius 3 is 0.711 bits per heavy atom. The number of aromatic nitrogens is 2. The first-order valence-corrected chi connectivity index (χ1v) is 36.1. The summed E-state index contributed by atoms with van der Waals surface area (Å²) in [5.41, 5.74) is -1.52. The van der Waals surface area contributed by atoms with Gasteiger partial charge < -0.3 is 0 Å². The van der Waals surface area contributed by atoms with Crippen LogP contribution >= 0.6 is 90.7 Å². The lowest BCUT2D eigenvalue weighted by molar-refractivity contribution is 0.350. The van der Waals surface area contributed by atoms with Gasteiger partial charge in [0.2, 0.25) is 0 Å². The van der Waals surface area contributed by atoms with Gasteiger partial charge >= 0.3 is 0 Å². The molecule has 8 rings (SSSR count). The van der Waals surface area contributed by atoms with Crippen molar-refractivity contribution in [3.63, 3.8) is 0 Å². The van der Waals surface area contributed by atoms with Crippen LogP contribution in [0.4, 0.5) is 0 Å². The van der Waals surface area contributed by atoms with E-state index in [1.807, 2.05) is 0 Å². The minimum Gasteiger partial charge on any atom is -0.274 e. The van der Waals surface area contributed by atoms with Crippen molar-refractivity contribution in [2.45, 2.75) is 246 Å². The van der Waals surface area contributed by atoms with Crippen molar-refractivity contribution >= 4 is 158 Å². The molecule has 0 radical (unpaired) electrons. The molecule has 0 amide bonds. The molecule has 0 N–H and O–H groups in total. The van der Waals surface area contributed by atoms with Crippen molar-refractivity contribution in [2.24, 2.45) is 11.8 Å². The molecule has 0 aliphatic heterocycles. The fourth-order valence-electron chi connectivity index (χ4n) is 11.8. The average Bonchev–Trinajstić information content (AvgIpc) is 4.09. The van der Waals surface area contributed by atoms with Crippen LogP contribution in [0.5, 0.6) is 0 Å². The largest absolute Gasteiger partial charge is 0.290 e. The Hall–Kier alpha value is -2.44. The van der Waals surface area contributed by atoms with Crippen LogP contribution < -0.4 is 30.3 Å². The normalized spacial score (nSPS) is 13.2. The fraction of sp³-hybridized carbons (Fsp3) is 0.667. The standard InChI is InChI=1S/C60H82N2O6S8/c1-5-9-13-17-21-23-27-31-35-39(33-29-25-19-15-11-7-3)37-61-51(63)43-41-42-45(49-47(43)69-55-57(71-49)75-59(67)73-55)53(65)62(38-40(34-30-26-20-16-12-8-4)36-32-28-24-22-18-14-10-6-2)54(66)46(42)50-48(44(41)52(61)64)70-56-58(72-50)76-60(68)74-56/h39-40H,5-38H2,1-4H3. The second-order valence-electron chi connectivity index (χ2n) is 21.8. The maximum Gasteiger partial charge on any atom is 0.290 e. The van der Waals surface area contributed by atoms with Crippen molar-refractivity contribution in [1.29, 1.82) is 0 Å². The second-order valence-corrected chi connectivity index (χ2v) is 31.4. The van der Waals surface area contributed by atoms with Gasteiger partial charge in [0.05, 0.1) is 40.3 Å². The average molecular weight is 1180 g/mol. The third-order valence-electron chi connectivity index (χ3n) is 16.0. The first kappa shape index (κ1) is 59.7. The highest BCUT2D eigenvalue weighted by atomic mass is 32.2. The molecular weight excluding hydrogens is 1100 g/mol. The molecule has 0 saturated heterocycles. The summed E-state index contributed by atoms with van der Waals surface area (Å²) >= 11 is 10.2. The van der Waals surface area contributed by atoms with E-state index in [9.17, 15) is 9.59 Å².